The average Bonchev–Trinajstić information content (AvgIpc) is 3.76. The number of carbonyl (C=O) groups excluding carboxylic acids is 2. The lowest BCUT2D eigenvalue weighted by Crippen LogP contribution is -2.37. The van der Waals surface area contributed by atoms with Crippen molar-refractivity contribution >= 4 is 48.6 Å². The third-order valence-electron chi connectivity index (χ3n) is 9.98. The molecule has 0 radical (unpaired) electrons. The minimum atomic E-state index is -3.89. The number of ketones is 2. The number of likely N-dealkylation sites (N-methyl/N-ethyl adjacent to an activating group) is 1. The van der Waals surface area contributed by atoms with Crippen molar-refractivity contribution < 1.29 is 31.5 Å². The van der Waals surface area contributed by atoms with Crippen LogP contribution < -0.4 is 14.3 Å². The number of aliphatic hydroxyl groups is 1. The standard InChI is InChI=1S/C35H48N4O7S2/c1-5-38(6-2)24-17-18-27(28(19-24)36-47(43,44)22-23-13-9-10-14-23)31-34(41)33(35(31)42)32-29(37-48(45,46)26-15-11-12-16-26)20-25(21-30(32)40)39(7-3)8-4/h17-21,23,26,36-37,41H,5-16,22H2,1-4H3/b33-32+. The Hall–Kier alpha value is -3.58. The van der Waals surface area contributed by atoms with E-state index in [-0.39, 0.29) is 45.3 Å². The summed E-state index contributed by atoms with van der Waals surface area (Å²) in [5.41, 5.74) is 0.890. The maximum absolute atomic E-state index is 14.0. The lowest BCUT2D eigenvalue weighted by molar-refractivity contribution is -0.114. The van der Waals surface area contributed by atoms with E-state index in [0.717, 1.165) is 44.2 Å². The number of carbonyl (C=O) groups is 2. The summed E-state index contributed by atoms with van der Waals surface area (Å²) in [7, 11) is -7.69. The van der Waals surface area contributed by atoms with Gasteiger partial charge in [0.2, 0.25) is 25.8 Å². The number of allylic oxidation sites excluding steroid dienone is 5. The molecule has 3 N–H and O–H groups in total. The van der Waals surface area contributed by atoms with Crippen molar-refractivity contribution in [1.82, 2.24) is 9.62 Å². The first-order valence-electron chi connectivity index (χ1n) is 17.2. The van der Waals surface area contributed by atoms with E-state index in [1.807, 2.05) is 37.5 Å². The van der Waals surface area contributed by atoms with Gasteiger partial charge in [-0.1, -0.05) is 25.7 Å². The highest BCUT2D eigenvalue weighted by molar-refractivity contribution is 7.92. The van der Waals surface area contributed by atoms with Crippen LogP contribution in [-0.2, 0) is 29.6 Å². The summed E-state index contributed by atoms with van der Waals surface area (Å²) >= 11 is 0. The molecule has 4 aliphatic carbocycles. The van der Waals surface area contributed by atoms with Gasteiger partial charge in [-0.25, -0.2) is 16.8 Å². The number of Topliss-reactive ketones (excluding diaryl/α,β-unsaturated/α-hetero) is 1. The molecule has 0 atom stereocenters. The van der Waals surface area contributed by atoms with E-state index in [4.69, 9.17) is 0 Å². The Morgan fingerprint density at radius 2 is 1.38 bits per heavy atom. The molecule has 48 heavy (non-hydrogen) atoms. The molecule has 11 nitrogen and oxygen atoms in total. The number of hydrogen-bond donors (Lipinski definition) is 3. The van der Waals surface area contributed by atoms with Crippen LogP contribution in [0.2, 0.25) is 0 Å². The molecule has 2 fully saturated rings. The van der Waals surface area contributed by atoms with Gasteiger partial charge in [0.1, 0.15) is 5.76 Å². The van der Waals surface area contributed by atoms with E-state index in [0.29, 0.717) is 44.7 Å². The molecule has 13 heteroatoms. The van der Waals surface area contributed by atoms with Crippen LogP contribution in [0.4, 0.5) is 11.4 Å². The Bertz CT molecular complexity index is 1790. The Morgan fingerprint density at radius 3 is 1.96 bits per heavy atom. The second kappa shape index (κ2) is 14.5. The van der Waals surface area contributed by atoms with Crippen LogP contribution in [0.1, 0.15) is 84.6 Å². The van der Waals surface area contributed by atoms with Gasteiger partial charge >= 0.3 is 0 Å². The van der Waals surface area contributed by atoms with E-state index >= 15 is 0 Å². The zero-order chi connectivity index (χ0) is 34.8. The third kappa shape index (κ3) is 7.22. The predicted molar refractivity (Wildman–Crippen MR) is 189 cm³/mol. The summed E-state index contributed by atoms with van der Waals surface area (Å²) in [6.07, 6.45) is 9.13. The van der Waals surface area contributed by atoms with Gasteiger partial charge < -0.3 is 14.9 Å². The van der Waals surface area contributed by atoms with Crippen molar-refractivity contribution in [2.75, 3.05) is 41.6 Å². The Morgan fingerprint density at radius 1 is 0.771 bits per heavy atom. The van der Waals surface area contributed by atoms with E-state index in [1.54, 1.807) is 24.3 Å². The van der Waals surface area contributed by atoms with Gasteiger partial charge in [0.15, 0.2) is 5.78 Å². The minimum absolute atomic E-state index is 0.0405. The molecular weight excluding hydrogens is 653 g/mol. The number of rotatable bonds is 14. The highest BCUT2D eigenvalue weighted by atomic mass is 32.2. The van der Waals surface area contributed by atoms with Crippen LogP contribution in [0.5, 0.6) is 0 Å². The van der Waals surface area contributed by atoms with Gasteiger partial charge in [-0.05, 0) is 83.6 Å². The molecule has 0 bridgehead atoms. The van der Waals surface area contributed by atoms with Gasteiger partial charge in [-0.2, -0.15) is 0 Å². The van der Waals surface area contributed by atoms with Crippen LogP contribution in [0.3, 0.4) is 0 Å². The lowest BCUT2D eigenvalue weighted by Gasteiger charge is -2.31. The monoisotopic (exact) mass is 700 g/mol. The van der Waals surface area contributed by atoms with E-state index < -0.39 is 42.6 Å². The smallest absolute Gasteiger partial charge is 0.235 e. The maximum Gasteiger partial charge on any atom is 0.235 e. The molecule has 0 heterocycles. The number of benzene rings is 1. The quantitative estimate of drug-likeness (QED) is 0.223. The van der Waals surface area contributed by atoms with E-state index in [2.05, 4.69) is 9.44 Å². The second-order valence-corrected chi connectivity index (χ2v) is 16.7. The zero-order valence-corrected chi connectivity index (χ0v) is 30.0. The van der Waals surface area contributed by atoms with Crippen molar-refractivity contribution in [3.05, 3.63) is 64.2 Å². The fourth-order valence-electron chi connectivity index (χ4n) is 7.35. The fourth-order valence-corrected chi connectivity index (χ4v) is 10.5. The number of sulfonamides is 2. The summed E-state index contributed by atoms with van der Waals surface area (Å²) in [5, 5.41) is 10.9. The molecule has 4 aliphatic rings. The van der Waals surface area contributed by atoms with Crippen LogP contribution >= 0.6 is 0 Å². The average molecular weight is 701 g/mol. The molecule has 1 aromatic carbocycles. The molecule has 5 rings (SSSR count). The van der Waals surface area contributed by atoms with Gasteiger partial charge in [-0.15, -0.1) is 0 Å². The number of nitrogens with zero attached hydrogens (tertiary/aromatic N) is 2. The summed E-state index contributed by atoms with van der Waals surface area (Å²) in [4.78, 5) is 31.6. The summed E-state index contributed by atoms with van der Waals surface area (Å²) < 4.78 is 58.9. The zero-order valence-electron chi connectivity index (χ0n) is 28.3. The van der Waals surface area contributed by atoms with Gasteiger partial charge in [-0.3, -0.25) is 19.0 Å². The van der Waals surface area contributed by atoms with E-state index in [1.165, 1.54) is 6.08 Å². The number of hydrogen-bond acceptors (Lipinski definition) is 9. The number of aliphatic hydroxyl groups excluding tert-OH is 1. The largest absolute Gasteiger partial charge is 0.506 e. The lowest BCUT2D eigenvalue weighted by atomic mass is 9.78. The molecule has 1 aromatic rings. The normalized spacial score (nSPS) is 20.9. The molecule has 0 amide bonds. The van der Waals surface area contributed by atoms with Gasteiger partial charge in [0.25, 0.3) is 0 Å². The summed E-state index contributed by atoms with van der Waals surface area (Å²) in [6.45, 7) is 10.3. The maximum atomic E-state index is 14.0. The first kappa shape index (κ1) is 35.7. The van der Waals surface area contributed by atoms with Crippen molar-refractivity contribution in [2.45, 2.75) is 84.3 Å². The van der Waals surface area contributed by atoms with Crippen LogP contribution in [-0.4, -0.2) is 75.6 Å². The second-order valence-electron chi connectivity index (χ2n) is 13.0. The Kier molecular flexibility index (Phi) is 10.8. The topological polar surface area (TPSA) is 153 Å². The minimum Gasteiger partial charge on any atom is -0.506 e. The van der Waals surface area contributed by atoms with Crippen molar-refractivity contribution in [3.8, 4) is 0 Å². The third-order valence-corrected chi connectivity index (χ3v) is 13.3. The van der Waals surface area contributed by atoms with Crippen LogP contribution in [0, 0.1) is 5.92 Å². The highest BCUT2D eigenvalue weighted by Crippen LogP contribution is 2.44. The van der Waals surface area contributed by atoms with Crippen LogP contribution in [0.15, 0.2) is 58.7 Å². The molecule has 262 valence electrons. The first-order valence-corrected chi connectivity index (χ1v) is 20.4. The Balaban J connectivity index is 1.60. The van der Waals surface area contributed by atoms with Crippen LogP contribution in [0.25, 0.3) is 5.57 Å². The van der Waals surface area contributed by atoms with Crippen molar-refractivity contribution in [3.63, 3.8) is 0 Å². The molecule has 0 spiro atoms. The molecule has 0 aromatic heterocycles. The highest BCUT2D eigenvalue weighted by Gasteiger charge is 2.43. The summed E-state index contributed by atoms with van der Waals surface area (Å²) in [5.74, 6) is -1.75. The molecule has 0 aliphatic heterocycles. The fraction of sp³-hybridized carbons (Fsp3) is 0.543. The van der Waals surface area contributed by atoms with Gasteiger partial charge in [0, 0.05) is 49.2 Å². The summed E-state index contributed by atoms with van der Waals surface area (Å²) in [6, 6.07) is 5.04. The molecule has 0 saturated heterocycles. The molecular formula is C35H48N4O7S2. The number of nitrogens with one attached hydrogen (secondary N) is 2. The predicted octanol–water partition coefficient (Wildman–Crippen LogP) is 5.17. The Labute approximate surface area is 284 Å². The van der Waals surface area contributed by atoms with Gasteiger partial charge in [0.05, 0.1) is 39.1 Å². The first-order chi connectivity index (χ1) is 22.8. The van der Waals surface area contributed by atoms with Crippen molar-refractivity contribution in [1.29, 1.82) is 0 Å². The SMILES string of the molecule is CCN(CC)C1=CC(=O)/C(=C2/C(=O)C(c3ccc(N(CC)CC)cc3NS(=O)(=O)CC3CCCC3)=C2O)C(NS(=O)(=O)C2CCCC2)=C1. The van der Waals surface area contributed by atoms with Crippen molar-refractivity contribution in [2.24, 2.45) is 5.92 Å². The van der Waals surface area contributed by atoms with E-state index in [9.17, 15) is 31.5 Å². The number of anilines is 2. The molecule has 0 unspecified atom stereocenters. The molecule has 2 saturated carbocycles.